The maximum absolute atomic E-state index is 13.2. The van der Waals surface area contributed by atoms with Gasteiger partial charge in [-0.3, -0.25) is 9.59 Å². The number of carbonyl (C=O) groups is 2. The van der Waals surface area contributed by atoms with E-state index in [1.165, 1.54) is 4.90 Å². The Morgan fingerprint density at radius 2 is 1.71 bits per heavy atom. The fourth-order valence-corrected chi connectivity index (χ4v) is 4.30. The lowest BCUT2D eigenvalue weighted by molar-refractivity contribution is -0.140. The minimum absolute atomic E-state index is 0.0947. The molecule has 0 saturated carbocycles. The molecule has 1 aliphatic rings. The molecule has 0 aromatic heterocycles. The molecule has 0 radical (unpaired) electrons. The second-order valence-electron chi connectivity index (χ2n) is 9.15. The first-order valence-corrected chi connectivity index (χ1v) is 11.9. The van der Waals surface area contributed by atoms with Crippen molar-refractivity contribution in [3.63, 3.8) is 0 Å². The summed E-state index contributed by atoms with van der Waals surface area (Å²) in [5.74, 6) is -0.250. The van der Waals surface area contributed by atoms with Crippen molar-refractivity contribution in [2.24, 2.45) is 0 Å². The number of Topliss-reactive ketones (excluding diaryl/α,β-unsaturated/α-hetero) is 1. The molecule has 0 bridgehead atoms. The van der Waals surface area contributed by atoms with Gasteiger partial charge >= 0.3 is 0 Å². The van der Waals surface area contributed by atoms with E-state index >= 15 is 0 Å². The SMILES string of the molecule is CCOc1ccc(/C(O)=C2/C(=O)C(=O)N(CCOC)C2c2ccc(C(C)C)cc2)cc1C(C)C. The van der Waals surface area contributed by atoms with Crippen LogP contribution in [0.5, 0.6) is 5.75 Å². The van der Waals surface area contributed by atoms with Crippen molar-refractivity contribution in [3.05, 3.63) is 70.3 Å². The molecular formula is C28H35NO5. The molecule has 6 heteroatoms. The number of nitrogens with zero attached hydrogens (tertiary/aromatic N) is 1. The number of benzene rings is 2. The van der Waals surface area contributed by atoms with Crippen LogP contribution in [-0.2, 0) is 14.3 Å². The summed E-state index contributed by atoms with van der Waals surface area (Å²) in [6.07, 6.45) is 0. The molecule has 6 nitrogen and oxygen atoms in total. The van der Waals surface area contributed by atoms with Crippen LogP contribution in [0.15, 0.2) is 48.0 Å². The predicted octanol–water partition coefficient (Wildman–Crippen LogP) is 5.40. The molecule has 0 spiro atoms. The van der Waals surface area contributed by atoms with Crippen molar-refractivity contribution in [1.82, 2.24) is 4.90 Å². The van der Waals surface area contributed by atoms with Gasteiger partial charge in [0.15, 0.2) is 0 Å². The number of likely N-dealkylation sites (tertiary alicyclic amines) is 1. The number of aliphatic hydroxyl groups is 1. The van der Waals surface area contributed by atoms with E-state index in [0.717, 1.165) is 22.4 Å². The Hall–Kier alpha value is -3.12. The molecule has 34 heavy (non-hydrogen) atoms. The molecule has 182 valence electrons. The second kappa shape index (κ2) is 10.9. The Kier molecular flexibility index (Phi) is 8.15. The summed E-state index contributed by atoms with van der Waals surface area (Å²) in [7, 11) is 1.55. The summed E-state index contributed by atoms with van der Waals surface area (Å²) in [5.41, 5.74) is 3.44. The van der Waals surface area contributed by atoms with Gasteiger partial charge in [-0.15, -0.1) is 0 Å². The summed E-state index contributed by atoms with van der Waals surface area (Å²) in [6.45, 7) is 11.3. The van der Waals surface area contributed by atoms with E-state index in [0.29, 0.717) is 18.1 Å². The standard InChI is InChI=1S/C28H35NO5/c1-7-34-23-13-12-21(16-22(23)18(4)5)26(30)24-25(20-10-8-19(9-11-20)17(2)3)29(14-15-33-6)28(32)27(24)31/h8-13,16-18,25,30H,7,14-15H2,1-6H3/b26-24-. The Labute approximate surface area is 202 Å². The highest BCUT2D eigenvalue weighted by Gasteiger charge is 2.45. The summed E-state index contributed by atoms with van der Waals surface area (Å²) in [6, 6.07) is 12.5. The fraction of sp³-hybridized carbons (Fsp3) is 0.429. The van der Waals surface area contributed by atoms with E-state index in [1.807, 2.05) is 51.1 Å². The van der Waals surface area contributed by atoms with Gasteiger partial charge in [-0.05, 0) is 53.6 Å². The van der Waals surface area contributed by atoms with Crippen LogP contribution >= 0.6 is 0 Å². The molecule has 1 amide bonds. The molecule has 1 unspecified atom stereocenters. The Morgan fingerprint density at radius 1 is 1.03 bits per heavy atom. The van der Waals surface area contributed by atoms with E-state index in [-0.39, 0.29) is 30.4 Å². The topological polar surface area (TPSA) is 76.1 Å². The summed E-state index contributed by atoms with van der Waals surface area (Å²) in [4.78, 5) is 27.6. The van der Waals surface area contributed by atoms with Gasteiger partial charge in [0.1, 0.15) is 11.5 Å². The number of hydrogen-bond acceptors (Lipinski definition) is 5. The van der Waals surface area contributed by atoms with Crippen LogP contribution < -0.4 is 4.74 Å². The number of ether oxygens (including phenoxy) is 2. The average Bonchev–Trinajstić information content (AvgIpc) is 3.07. The van der Waals surface area contributed by atoms with Crippen LogP contribution in [0.1, 0.15) is 74.8 Å². The lowest BCUT2D eigenvalue weighted by atomic mass is 9.92. The summed E-state index contributed by atoms with van der Waals surface area (Å²) >= 11 is 0. The van der Waals surface area contributed by atoms with E-state index in [4.69, 9.17) is 9.47 Å². The molecular weight excluding hydrogens is 430 g/mol. The van der Waals surface area contributed by atoms with Crippen molar-refractivity contribution in [2.45, 2.75) is 52.5 Å². The minimum Gasteiger partial charge on any atom is -0.507 e. The van der Waals surface area contributed by atoms with Gasteiger partial charge in [0.25, 0.3) is 11.7 Å². The molecule has 1 fully saturated rings. The largest absolute Gasteiger partial charge is 0.507 e. The Bertz CT molecular complexity index is 1070. The first-order valence-electron chi connectivity index (χ1n) is 11.9. The number of carbonyl (C=O) groups excluding carboxylic acids is 2. The van der Waals surface area contributed by atoms with Gasteiger partial charge < -0.3 is 19.5 Å². The zero-order valence-electron chi connectivity index (χ0n) is 20.9. The van der Waals surface area contributed by atoms with Crippen LogP contribution in [-0.4, -0.2) is 48.6 Å². The molecule has 2 aromatic rings. The summed E-state index contributed by atoms with van der Waals surface area (Å²) in [5, 5.41) is 11.4. The number of amides is 1. The van der Waals surface area contributed by atoms with Crippen molar-refractivity contribution >= 4 is 17.4 Å². The normalized spacial score (nSPS) is 17.8. The molecule has 3 rings (SSSR count). The maximum atomic E-state index is 13.2. The first kappa shape index (κ1) is 25.5. The Morgan fingerprint density at radius 3 is 2.26 bits per heavy atom. The predicted molar refractivity (Wildman–Crippen MR) is 133 cm³/mol. The highest BCUT2D eigenvalue weighted by molar-refractivity contribution is 6.46. The van der Waals surface area contributed by atoms with Gasteiger partial charge in [-0.25, -0.2) is 0 Å². The number of ketones is 1. The van der Waals surface area contributed by atoms with Gasteiger partial charge in [-0.1, -0.05) is 52.0 Å². The third kappa shape index (κ3) is 5.02. The monoisotopic (exact) mass is 465 g/mol. The van der Waals surface area contributed by atoms with Crippen LogP contribution in [0.4, 0.5) is 0 Å². The van der Waals surface area contributed by atoms with Crippen LogP contribution in [0.2, 0.25) is 0 Å². The number of rotatable bonds is 9. The highest BCUT2D eigenvalue weighted by atomic mass is 16.5. The van der Waals surface area contributed by atoms with Gasteiger partial charge in [-0.2, -0.15) is 0 Å². The molecule has 1 saturated heterocycles. The van der Waals surface area contributed by atoms with E-state index < -0.39 is 17.7 Å². The average molecular weight is 466 g/mol. The third-order valence-corrected chi connectivity index (χ3v) is 6.20. The van der Waals surface area contributed by atoms with Gasteiger partial charge in [0.05, 0.1) is 24.8 Å². The lowest BCUT2D eigenvalue weighted by Gasteiger charge is -2.25. The zero-order valence-corrected chi connectivity index (χ0v) is 20.9. The molecule has 1 heterocycles. The van der Waals surface area contributed by atoms with Crippen molar-refractivity contribution in [1.29, 1.82) is 0 Å². The third-order valence-electron chi connectivity index (χ3n) is 6.20. The van der Waals surface area contributed by atoms with E-state index in [9.17, 15) is 14.7 Å². The molecule has 0 aliphatic carbocycles. The van der Waals surface area contributed by atoms with Crippen LogP contribution in [0, 0.1) is 0 Å². The second-order valence-corrected chi connectivity index (χ2v) is 9.15. The fourth-order valence-electron chi connectivity index (χ4n) is 4.30. The number of aliphatic hydroxyl groups excluding tert-OH is 1. The first-order chi connectivity index (χ1) is 16.2. The van der Waals surface area contributed by atoms with E-state index in [2.05, 4.69) is 13.8 Å². The van der Waals surface area contributed by atoms with Crippen molar-refractivity contribution in [3.8, 4) is 5.75 Å². The zero-order chi connectivity index (χ0) is 25.0. The van der Waals surface area contributed by atoms with Crippen LogP contribution in [0.3, 0.4) is 0 Å². The number of methoxy groups -OCH3 is 1. The van der Waals surface area contributed by atoms with E-state index in [1.54, 1.807) is 19.2 Å². The smallest absolute Gasteiger partial charge is 0.295 e. The quantitative estimate of drug-likeness (QED) is 0.305. The molecule has 2 aromatic carbocycles. The number of hydrogen-bond donors (Lipinski definition) is 1. The molecule has 1 N–H and O–H groups in total. The molecule has 1 atom stereocenters. The molecule has 1 aliphatic heterocycles. The van der Waals surface area contributed by atoms with Crippen LogP contribution in [0.25, 0.3) is 5.76 Å². The van der Waals surface area contributed by atoms with Crippen molar-refractivity contribution < 1.29 is 24.2 Å². The maximum Gasteiger partial charge on any atom is 0.295 e. The van der Waals surface area contributed by atoms with Gasteiger partial charge in [0.2, 0.25) is 0 Å². The summed E-state index contributed by atoms with van der Waals surface area (Å²) < 4.78 is 10.9. The highest BCUT2D eigenvalue weighted by Crippen LogP contribution is 2.40. The Balaban J connectivity index is 2.16. The lowest BCUT2D eigenvalue weighted by Crippen LogP contribution is -2.32. The van der Waals surface area contributed by atoms with Crippen molar-refractivity contribution in [2.75, 3.05) is 26.9 Å². The van der Waals surface area contributed by atoms with Gasteiger partial charge in [0, 0.05) is 19.2 Å². The minimum atomic E-state index is -0.689.